The fourth-order valence-corrected chi connectivity index (χ4v) is 3.83. The van der Waals surface area contributed by atoms with Crippen LogP contribution in [0.4, 0.5) is 5.69 Å². The molecule has 1 aromatic carbocycles. The Morgan fingerprint density at radius 2 is 2.08 bits per heavy atom. The quantitative estimate of drug-likeness (QED) is 0.627. The predicted octanol–water partition coefficient (Wildman–Crippen LogP) is 2.16. The minimum Gasteiger partial charge on any atom is -0.506 e. The van der Waals surface area contributed by atoms with E-state index < -0.39 is 10.0 Å². The van der Waals surface area contributed by atoms with Gasteiger partial charge < -0.3 is 15.7 Å². The van der Waals surface area contributed by atoms with Gasteiger partial charge in [0.2, 0.25) is 15.9 Å². The predicted molar refractivity (Wildman–Crippen MR) is 98.5 cm³/mol. The van der Waals surface area contributed by atoms with Crippen LogP contribution < -0.4 is 10.6 Å². The molecule has 1 heterocycles. The summed E-state index contributed by atoms with van der Waals surface area (Å²) in [5, 5.41) is 16.7. The summed E-state index contributed by atoms with van der Waals surface area (Å²) < 4.78 is 24.9. The first-order valence-corrected chi connectivity index (χ1v) is 9.82. The Hall–Kier alpha value is -1.48. The Morgan fingerprint density at radius 3 is 2.76 bits per heavy atom. The van der Waals surface area contributed by atoms with Crippen molar-refractivity contribution in [3.8, 4) is 5.75 Å². The normalized spacial score (nSPS) is 18.6. The van der Waals surface area contributed by atoms with E-state index in [-0.39, 0.29) is 46.5 Å². The molecule has 1 amide bonds. The van der Waals surface area contributed by atoms with Crippen LogP contribution in [0.2, 0.25) is 10.0 Å². The Kier molecular flexibility index (Phi) is 6.56. The van der Waals surface area contributed by atoms with E-state index >= 15 is 0 Å². The Bertz CT molecular complexity index is 770. The number of phenolic OH excluding ortho intramolecular Hbond substituents is 1. The molecule has 2 rings (SSSR count). The molecule has 0 saturated carbocycles. The van der Waals surface area contributed by atoms with Crippen molar-refractivity contribution in [1.29, 1.82) is 0 Å². The molecule has 1 aliphatic heterocycles. The number of hydrogen-bond donors (Lipinski definition) is 3. The summed E-state index contributed by atoms with van der Waals surface area (Å²) in [5.41, 5.74) is 0.282. The fraction of sp³-hybridized carbons (Fsp3) is 0.400. The second-order valence-corrected chi connectivity index (χ2v) is 8.31. The average Bonchev–Trinajstić information content (AvgIpc) is 2.57. The first kappa shape index (κ1) is 19.8. The van der Waals surface area contributed by atoms with Gasteiger partial charge in [-0.25, -0.2) is 8.42 Å². The number of sulfonamides is 1. The largest absolute Gasteiger partial charge is 0.506 e. The third-order valence-electron chi connectivity index (χ3n) is 3.80. The molecule has 7 nitrogen and oxygen atoms in total. The number of nitrogens with one attached hydrogen (secondary N) is 2. The van der Waals surface area contributed by atoms with Crippen LogP contribution in [-0.4, -0.2) is 49.4 Å². The summed E-state index contributed by atoms with van der Waals surface area (Å²) in [6.07, 6.45) is 1.34. The van der Waals surface area contributed by atoms with E-state index in [4.69, 9.17) is 23.2 Å². The molecule has 0 aliphatic carbocycles. The van der Waals surface area contributed by atoms with Crippen molar-refractivity contribution in [2.45, 2.75) is 18.9 Å². The maximum absolute atomic E-state index is 12.1. The molecule has 25 heavy (non-hydrogen) atoms. The van der Waals surface area contributed by atoms with Crippen LogP contribution in [0.1, 0.15) is 12.8 Å². The van der Waals surface area contributed by atoms with Gasteiger partial charge in [-0.1, -0.05) is 29.8 Å². The van der Waals surface area contributed by atoms with Crippen LogP contribution in [0.5, 0.6) is 5.75 Å². The number of nitrogens with zero attached hydrogens (tertiary/aromatic N) is 1. The second-order valence-electron chi connectivity index (χ2n) is 5.61. The monoisotopic (exact) mass is 407 g/mol. The number of carbonyl (C=O) groups excluding carboxylic acids is 1. The summed E-state index contributed by atoms with van der Waals surface area (Å²) >= 11 is 11.7. The summed E-state index contributed by atoms with van der Waals surface area (Å²) in [6, 6.07) is 2.43. The van der Waals surface area contributed by atoms with E-state index in [9.17, 15) is 18.3 Å². The minimum atomic E-state index is -3.49. The van der Waals surface area contributed by atoms with Crippen molar-refractivity contribution in [3.05, 3.63) is 34.2 Å². The number of aromatic hydroxyl groups is 1. The Morgan fingerprint density at radius 1 is 1.40 bits per heavy atom. The van der Waals surface area contributed by atoms with E-state index in [1.807, 2.05) is 0 Å². The number of anilines is 1. The molecule has 1 aliphatic rings. The van der Waals surface area contributed by atoms with Crippen molar-refractivity contribution in [3.63, 3.8) is 0 Å². The van der Waals surface area contributed by atoms with E-state index in [0.29, 0.717) is 19.4 Å². The second kappa shape index (κ2) is 8.27. The number of halogens is 2. The molecule has 3 N–H and O–H groups in total. The zero-order chi connectivity index (χ0) is 18.6. The molecular weight excluding hydrogens is 389 g/mol. The third kappa shape index (κ3) is 5.24. The number of carbonyl (C=O) groups is 1. The first-order chi connectivity index (χ1) is 11.7. The Balaban J connectivity index is 1.90. The van der Waals surface area contributed by atoms with Crippen LogP contribution >= 0.6 is 23.2 Å². The molecule has 1 aromatic rings. The molecule has 1 atom stereocenters. The van der Waals surface area contributed by atoms with E-state index in [1.54, 1.807) is 0 Å². The summed E-state index contributed by atoms with van der Waals surface area (Å²) in [6.45, 7) is 3.83. The highest BCUT2D eigenvalue weighted by molar-refractivity contribution is 7.92. The third-order valence-corrected chi connectivity index (χ3v) is 5.99. The lowest BCUT2D eigenvalue weighted by Gasteiger charge is -2.31. The van der Waals surface area contributed by atoms with Gasteiger partial charge in [-0.3, -0.25) is 4.79 Å². The van der Waals surface area contributed by atoms with Crippen LogP contribution in [0.25, 0.3) is 0 Å². The maximum atomic E-state index is 12.1. The Labute approximate surface area is 156 Å². The number of phenols is 1. The van der Waals surface area contributed by atoms with Gasteiger partial charge in [0.15, 0.2) is 0 Å². The molecule has 1 fully saturated rings. The zero-order valence-electron chi connectivity index (χ0n) is 13.3. The molecule has 0 spiro atoms. The maximum Gasteiger partial charge on any atom is 0.239 e. The first-order valence-electron chi connectivity index (χ1n) is 7.56. The fourth-order valence-electron chi connectivity index (χ4n) is 2.53. The smallest absolute Gasteiger partial charge is 0.239 e. The average molecular weight is 408 g/mol. The van der Waals surface area contributed by atoms with Crippen LogP contribution in [-0.2, 0) is 14.8 Å². The van der Waals surface area contributed by atoms with E-state index in [1.165, 1.54) is 16.4 Å². The van der Waals surface area contributed by atoms with Gasteiger partial charge in [-0.15, -0.1) is 0 Å². The lowest BCUT2D eigenvalue weighted by atomic mass is 10.1. The van der Waals surface area contributed by atoms with Gasteiger partial charge in [-0.05, 0) is 18.9 Å². The van der Waals surface area contributed by atoms with Crippen molar-refractivity contribution in [2.24, 2.45) is 0 Å². The van der Waals surface area contributed by atoms with Gasteiger partial charge >= 0.3 is 0 Å². The molecule has 10 heteroatoms. The molecular formula is C15H19Cl2N3O4S. The van der Waals surface area contributed by atoms with E-state index in [0.717, 1.165) is 5.41 Å². The lowest BCUT2D eigenvalue weighted by molar-refractivity contribution is -0.120. The summed E-state index contributed by atoms with van der Waals surface area (Å²) in [5.74, 6) is -0.448. The highest BCUT2D eigenvalue weighted by atomic mass is 35.5. The molecule has 0 bridgehead atoms. The van der Waals surface area contributed by atoms with Crippen molar-refractivity contribution < 1.29 is 18.3 Å². The number of piperidine rings is 1. The van der Waals surface area contributed by atoms with Crippen molar-refractivity contribution >= 4 is 44.8 Å². The highest BCUT2D eigenvalue weighted by Crippen LogP contribution is 2.33. The number of rotatable bonds is 6. The summed E-state index contributed by atoms with van der Waals surface area (Å²) in [7, 11) is -3.49. The molecule has 0 unspecified atom stereocenters. The van der Waals surface area contributed by atoms with Gasteiger partial charge in [0.05, 0.1) is 22.3 Å². The zero-order valence-corrected chi connectivity index (χ0v) is 15.7. The van der Waals surface area contributed by atoms with Crippen molar-refractivity contribution in [1.82, 2.24) is 9.62 Å². The number of hydrogen-bond acceptors (Lipinski definition) is 5. The lowest BCUT2D eigenvalue weighted by Crippen LogP contribution is -2.50. The van der Waals surface area contributed by atoms with E-state index in [2.05, 4.69) is 17.2 Å². The van der Waals surface area contributed by atoms with Gasteiger partial charge in [0.25, 0.3) is 0 Å². The molecule has 0 radical (unpaired) electrons. The van der Waals surface area contributed by atoms with Crippen LogP contribution in [0, 0.1) is 0 Å². The van der Waals surface area contributed by atoms with Crippen molar-refractivity contribution in [2.75, 3.05) is 25.0 Å². The van der Waals surface area contributed by atoms with Gasteiger partial charge in [-0.2, -0.15) is 4.31 Å². The summed E-state index contributed by atoms with van der Waals surface area (Å²) in [4.78, 5) is 12.1. The highest BCUT2D eigenvalue weighted by Gasteiger charge is 2.27. The van der Waals surface area contributed by atoms with Crippen LogP contribution in [0.15, 0.2) is 24.1 Å². The van der Waals surface area contributed by atoms with Gasteiger partial charge in [0, 0.05) is 30.6 Å². The molecule has 0 aromatic heterocycles. The van der Waals surface area contributed by atoms with Crippen LogP contribution in [0.3, 0.4) is 0 Å². The topological polar surface area (TPSA) is 98.7 Å². The van der Waals surface area contributed by atoms with Gasteiger partial charge in [0.1, 0.15) is 5.75 Å². The minimum absolute atomic E-state index is 0.101. The molecule has 1 saturated heterocycles. The molecule has 138 valence electrons. The number of amides is 1. The number of benzene rings is 1. The SMILES string of the molecule is C=CS(=O)(=O)N1CCC[C@@H](NC(=O)CNc2cc(Cl)c(Cl)cc2O)C1. The standard InChI is InChI=1S/C15H19Cl2N3O4S/c1-2-25(23,24)20-5-3-4-10(9-20)19-15(22)8-18-13-6-11(16)12(17)7-14(13)21/h2,6-7,10,18,21H,1,3-5,8-9H2,(H,19,22)/t10-/m1/s1.